The van der Waals surface area contributed by atoms with E-state index in [0.29, 0.717) is 12.1 Å². The normalized spacial score (nSPS) is 11.2. The predicted molar refractivity (Wildman–Crippen MR) is 72.5 cm³/mol. The van der Waals surface area contributed by atoms with Crippen LogP contribution in [0.5, 0.6) is 0 Å². The highest BCUT2D eigenvalue weighted by Crippen LogP contribution is 2.05. The molecule has 0 saturated carbocycles. The lowest BCUT2D eigenvalue weighted by Gasteiger charge is -2.28. The number of aliphatic hydroxyl groups excluding tert-OH is 1. The van der Waals surface area contributed by atoms with Crippen molar-refractivity contribution in [1.82, 2.24) is 4.90 Å². The summed E-state index contributed by atoms with van der Waals surface area (Å²) in [5.74, 6) is -0.293. The fourth-order valence-electron chi connectivity index (χ4n) is 1.64. The molecule has 0 radical (unpaired) electrons. The van der Waals surface area contributed by atoms with Crippen LogP contribution in [0.2, 0.25) is 0 Å². The lowest BCUT2D eigenvalue weighted by molar-refractivity contribution is -0.814. The number of nitrogens with zero attached hydrogens (tertiary/aromatic N) is 2. The molecule has 0 aromatic heterocycles. The van der Waals surface area contributed by atoms with Crippen LogP contribution in [0.15, 0.2) is 30.3 Å². The van der Waals surface area contributed by atoms with Gasteiger partial charge in [0.1, 0.15) is 13.1 Å². The zero-order valence-electron chi connectivity index (χ0n) is 11.7. The second kappa shape index (κ2) is 6.45. The third kappa shape index (κ3) is 4.15. The van der Waals surface area contributed by atoms with E-state index in [1.165, 1.54) is 4.90 Å². The SMILES string of the molecule is CN(CC(=O)[N+](C)(C)CCO)C(=O)c1ccccc1. The highest BCUT2D eigenvalue weighted by Gasteiger charge is 2.28. The Balaban J connectivity index is 2.67. The van der Waals surface area contributed by atoms with Crippen LogP contribution in [-0.2, 0) is 4.79 Å². The number of hydrogen-bond donors (Lipinski definition) is 1. The van der Waals surface area contributed by atoms with E-state index in [1.54, 1.807) is 45.4 Å². The van der Waals surface area contributed by atoms with Gasteiger partial charge < -0.3 is 10.0 Å². The maximum absolute atomic E-state index is 12.1. The highest BCUT2D eigenvalue weighted by atomic mass is 16.3. The quantitative estimate of drug-likeness (QED) is 0.782. The Bertz CT molecular complexity index is 443. The van der Waals surface area contributed by atoms with Crippen LogP contribution in [0.3, 0.4) is 0 Å². The minimum Gasteiger partial charge on any atom is -0.390 e. The van der Waals surface area contributed by atoms with Crippen LogP contribution in [0.25, 0.3) is 0 Å². The summed E-state index contributed by atoms with van der Waals surface area (Å²) in [5, 5.41) is 8.92. The van der Waals surface area contributed by atoms with Crippen LogP contribution in [0.1, 0.15) is 10.4 Å². The molecule has 0 atom stereocenters. The van der Waals surface area contributed by atoms with Crippen LogP contribution in [-0.4, -0.2) is 67.1 Å². The maximum atomic E-state index is 12.1. The molecular weight excluding hydrogens is 244 g/mol. The van der Waals surface area contributed by atoms with Gasteiger partial charge in [-0.1, -0.05) is 18.2 Å². The third-order valence-corrected chi connectivity index (χ3v) is 3.07. The molecule has 0 aliphatic rings. The first-order valence-electron chi connectivity index (χ1n) is 6.16. The Labute approximate surface area is 113 Å². The molecule has 19 heavy (non-hydrogen) atoms. The van der Waals surface area contributed by atoms with Crippen molar-refractivity contribution < 1.29 is 19.2 Å². The number of quaternary nitrogens is 1. The molecule has 0 spiro atoms. The van der Waals surface area contributed by atoms with Gasteiger partial charge in [0.15, 0.2) is 0 Å². The molecule has 0 unspecified atom stereocenters. The van der Waals surface area contributed by atoms with Crippen LogP contribution < -0.4 is 0 Å². The van der Waals surface area contributed by atoms with Crippen LogP contribution >= 0.6 is 0 Å². The third-order valence-electron chi connectivity index (χ3n) is 3.07. The number of benzene rings is 1. The lowest BCUT2D eigenvalue weighted by Crippen LogP contribution is -2.52. The fraction of sp³-hybridized carbons (Fsp3) is 0.429. The van der Waals surface area contributed by atoms with Crippen molar-refractivity contribution in [3.8, 4) is 0 Å². The van der Waals surface area contributed by atoms with E-state index >= 15 is 0 Å². The lowest BCUT2D eigenvalue weighted by atomic mass is 10.2. The van der Waals surface area contributed by atoms with E-state index in [1.807, 2.05) is 6.07 Å². The standard InChI is InChI=1S/C14H21N2O3/c1-15(11-13(18)16(2,3)9-10-17)14(19)12-7-5-4-6-8-12/h4-8,17H,9-11H2,1-3H3/q+1. The molecule has 0 fully saturated rings. The molecule has 1 N–H and O–H groups in total. The van der Waals surface area contributed by atoms with Gasteiger partial charge in [-0.15, -0.1) is 0 Å². The number of rotatable bonds is 5. The van der Waals surface area contributed by atoms with Gasteiger partial charge in [-0.05, 0) is 12.1 Å². The average molecular weight is 265 g/mol. The summed E-state index contributed by atoms with van der Waals surface area (Å²) in [6.07, 6.45) is 0. The van der Waals surface area contributed by atoms with Crippen molar-refractivity contribution in [2.45, 2.75) is 0 Å². The van der Waals surface area contributed by atoms with Gasteiger partial charge in [-0.2, -0.15) is 0 Å². The summed E-state index contributed by atoms with van der Waals surface area (Å²) < 4.78 is 0.0584. The molecule has 2 amide bonds. The number of amides is 2. The Hall–Kier alpha value is -1.72. The molecular formula is C14H21N2O3+. The van der Waals surface area contributed by atoms with E-state index in [9.17, 15) is 9.59 Å². The van der Waals surface area contributed by atoms with E-state index < -0.39 is 0 Å². The van der Waals surface area contributed by atoms with Gasteiger partial charge in [-0.25, -0.2) is 4.79 Å². The molecule has 1 aromatic carbocycles. The second-order valence-electron chi connectivity index (χ2n) is 5.05. The summed E-state index contributed by atoms with van der Waals surface area (Å²) in [6, 6.07) is 8.85. The van der Waals surface area contributed by atoms with Crippen molar-refractivity contribution in [3.05, 3.63) is 35.9 Å². The molecule has 1 rings (SSSR count). The van der Waals surface area contributed by atoms with Gasteiger partial charge in [0.2, 0.25) is 0 Å². The van der Waals surface area contributed by atoms with Gasteiger partial charge in [0.25, 0.3) is 5.91 Å². The number of aliphatic hydroxyl groups is 1. The van der Waals surface area contributed by atoms with Gasteiger partial charge in [0, 0.05) is 12.6 Å². The summed E-state index contributed by atoms with van der Waals surface area (Å²) in [7, 11) is 5.05. The van der Waals surface area contributed by atoms with E-state index in [2.05, 4.69) is 0 Å². The topological polar surface area (TPSA) is 57.6 Å². The average Bonchev–Trinajstić information content (AvgIpc) is 2.38. The van der Waals surface area contributed by atoms with Gasteiger partial charge >= 0.3 is 5.91 Å². The maximum Gasteiger partial charge on any atom is 0.332 e. The van der Waals surface area contributed by atoms with Crippen molar-refractivity contribution in [2.75, 3.05) is 40.8 Å². The van der Waals surface area contributed by atoms with Crippen molar-refractivity contribution in [2.24, 2.45) is 0 Å². The smallest absolute Gasteiger partial charge is 0.332 e. The molecule has 0 aliphatic carbocycles. The first-order valence-corrected chi connectivity index (χ1v) is 6.16. The van der Waals surface area contributed by atoms with Crippen molar-refractivity contribution in [3.63, 3.8) is 0 Å². The minimum absolute atomic E-state index is 0.0285. The molecule has 0 bridgehead atoms. The van der Waals surface area contributed by atoms with Crippen LogP contribution in [0, 0.1) is 0 Å². The van der Waals surface area contributed by atoms with E-state index in [0.717, 1.165) is 0 Å². The van der Waals surface area contributed by atoms with Gasteiger partial charge in [0.05, 0.1) is 20.7 Å². The Morgan fingerprint density at radius 2 is 1.79 bits per heavy atom. The highest BCUT2D eigenvalue weighted by molar-refractivity contribution is 5.95. The Morgan fingerprint density at radius 1 is 1.21 bits per heavy atom. The number of carbonyl (C=O) groups is 2. The Morgan fingerprint density at radius 3 is 2.32 bits per heavy atom. The predicted octanol–water partition coefficient (Wildman–Crippen LogP) is 0.354. The molecule has 0 aliphatic heterocycles. The number of likely N-dealkylation sites (N-methyl/N-ethyl adjacent to an activating group) is 2. The molecule has 5 heteroatoms. The summed E-state index contributed by atoms with van der Waals surface area (Å²) in [4.78, 5) is 25.5. The monoisotopic (exact) mass is 265 g/mol. The van der Waals surface area contributed by atoms with Crippen molar-refractivity contribution in [1.29, 1.82) is 0 Å². The summed E-state index contributed by atoms with van der Waals surface area (Å²) in [5.41, 5.74) is 0.560. The molecule has 5 nitrogen and oxygen atoms in total. The van der Waals surface area contributed by atoms with Crippen LogP contribution in [0.4, 0.5) is 0 Å². The molecule has 0 saturated heterocycles. The number of hydrogen-bond acceptors (Lipinski definition) is 3. The largest absolute Gasteiger partial charge is 0.390 e. The first-order chi connectivity index (χ1) is 8.88. The van der Waals surface area contributed by atoms with Crippen molar-refractivity contribution >= 4 is 11.8 Å². The van der Waals surface area contributed by atoms with E-state index in [4.69, 9.17) is 5.11 Å². The number of carbonyl (C=O) groups excluding carboxylic acids is 2. The van der Waals surface area contributed by atoms with E-state index in [-0.39, 0.29) is 29.4 Å². The zero-order chi connectivity index (χ0) is 14.5. The Kier molecular flexibility index (Phi) is 5.20. The molecule has 104 valence electrons. The zero-order valence-corrected chi connectivity index (χ0v) is 11.7. The van der Waals surface area contributed by atoms with Gasteiger partial charge in [-0.3, -0.25) is 9.28 Å². The summed E-state index contributed by atoms with van der Waals surface area (Å²) in [6.45, 7) is 0.308. The first kappa shape index (κ1) is 15.3. The summed E-state index contributed by atoms with van der Waals surface area (Å²) >= 11 is 0. The molecule has 0 heterocycles. The molecule has 1 aromatic rings. The fourth-order valence-corrected chi connectivity index (χ4v) is 1.64. The second-order valence-corrected chi connectivity index (χ2v) is 5.05. The minimum atomic E-state index is -0.182.